The molecule has 0 aliphatic carbocycles. The SMILES string of the molecule is FC(F)(F)C(F)(F)C(F)(F)C(F)(F)C(F)(F)C(F)(F)C(F)(F)C(F)(F)CCCCOc1ccc(-c2ccc(CCl)cc2)cc1. The van der Waals surface area contributed by atoms with Crippen molar-refractivity contribution < 1.29 is 79.4 Å². The van der Waals surface area contributed by atoms with Gasteiger partial charge in [-0.3, -0.25) is 0 Å². The van der Waals surface area contributed by atoms with E-state index in [1.807, 2.05) is 0 Å². The molecule has 0 aromatic heterocycles. The quantitative estimate of drug-likeness (QED) is 0.109. The Bertz CT molecular complexity index is 1240. The van der Waals surface area contributed by atoms with Crippen molar-refractivity contribution in [3.63, 3.8) is 0 Å². The molecule has 0 N–H and O–H groups in total. The normalized spacial score (nSPS) is 14.6. The Labute approximate surface area is 241 Å². The third-order valence-corrected chi connectivity index (χ3v) is 6.55. The molecule has 0 saturated heterocycles. The Morgan fingerprint density at radius 3 is 1.27 bits per heavy atom. The molecule has 0 bridgehead atoms. The van der Waals surface area contributed by atoms with E-state index in [1.54, 1.807) is 36.4 Å². The Morgan fingerprint density at radius 2 is 0.864 bits per heavy atom. The summed E-state index contributed by atoms with van der Waals surface area (Å²) in [6.07, 6.45) is -12.2. The van der Waals surface area contributed by atoms with Crippen molar-refractivity contribution in [1.29, 1.82) is 0 Å². The van der Waals surface area contributed by atoms with E-state index in [1.165, 1.54) is 12.1 Å². The summed E-state index contributed by atoms with van der Waals surface area (Å²) < 4.78 is 232. The number of hydrogen-bond donors (Lipinski definition) is 0. The predicted molar refractivity (Wildman–Crippen MR) is 121 cm³/mol. The molecule has 0 unspecified atom stereocenters. The van der Waals surface area contributed by atoms with Crippen molar-refractivity contribution in [2.45, 2.75) is 72.8 Å². The van der Waals surface area contributed by atoms with Crippen LogP contribution in [0.5, 0.6) is 5.75 Å². The number of unbranched alkanes of at least 4 members (excludes halogenated alkanes) is 1. The molecule has 250 valence electrons. The van der Waals surface area contributed by atoms with Gasteiger partial charge in [-0.05, 0) is 41.7 Å². The van der Waals surface area contributed by atoms with E-state index in [4.69, 9.17) is 16.3 Å². The molecule has 0 fully saturated rings. The lowest BCUT2D eigenvalue weighted by Crippen LogP contribution is -2.74. The topological polar surface area (TPSA) is 9.23 Å². The molecule has 0 heterocycles. The summed E-state index contributed by atoms with van der Waals surface area (Å²) in [7, 11) is 0. The number of hydrogen-bond acceptors (Lipinski definition) is 1. The van der Waals surface area contributed by atoms with Gasteiger partial charge in [0.15, 0.2) is 0 Å². The van der Waals surface area contributed by atoms with Gasteiger partial charge in [-0.25, -0.2) is 0 Å². The zero-order valence-electron chi connectivity index (χ0n) is 21.4. The maximum absolute atomic E-state index is 14.0. The summed E-state index contributed by atoms with van der Waals surface area (Å²) in [6.45, 7) is -0.575. The van der Waals surface area contributed by atoms with Gasteiger partial charge in [0.25, 0.3) is 0 Å². The molecule has 1 nitrogen and oxygen atoms in total. The third-order valence-electron chi connectivity index (χ3n) is 6.24. The number of halogens is 18. The van der Waals surface area contributed by atoms with E-state index in [0.717, 1.165) is 11.1 Å². The fourth-order valence-electron chi connectivity index (χ4n) is 3.52. The zero-order valence-corrected chi connectivity index (χ0v) is 22.1. The molecule has 2 aromatic carbocycles. The van der Waals surface area contributed by atoms with Crippen LogP contribution >= 0.6 is 11.6 Å². The molecule has 0 amide bonds. The predicted octanol–water partition coefficient (Wildman–Crippen LogP) is 10.7. The lowest BCUT2D eigenvalue weighted by Gasteiger charge is -2.42. The fourth-order valence-corrected chi connectivity index (χ4v) is 3.70. The number of ether oxygens (including phenoxy) is 1. The number of alkyl halides is 18. The molecule has 0 spiro atoms. The van der Waals surface area contributed by atoms with E-state index in [0.29, 0.717) is 5.56 Å². The summed E-state index contributed by atoms with van der Waals surface area (Å²) in [5.41, 5.74) is 2.27. The highest BCUT2D eigenvalue weighted by atomic mass is 35.5. The zero-order chi connectivity index (χ0) is 34.2. The van der Waals surface area contributed by atoms with Crippen LogP contribution < -0.4 is 4.74 Å². The van der Waals surface area contributed by atoms with Crippen LogP contribution in [0.3, 0.4) is 0 Å². The number of rotatable bonds is 14. The van der Waals surface area contributed by atoms with Gasteiger partial charge in [0, 0.05) is 12.3 Å². The minimum absolute atomic E-state index is 0.0909. The van der Waals surface area contributed by atoms with E-state index in [2.05, 4.69) is 0 Å². The van der Waals surface area contributed by atoms with Gasteiger partial charge in [-0.2, -0.15) is 74.6 Å². The van der Waals surface area contributed by atoms with Gasteiger partial charge >= 0.3 is 47.6 Å². The highest BCUT2D eigenvalue weighted by Gasteiger charge is 2.95. The first-order valence-corrected chi connectivity index (χ1v) is 12.4. The largest absolute Gasteiger partial charge is 0.494 e. The van der Waals surface area contributed by atoms with Crippen LogP contribution in [0, 0.1) is 0 Å². The summed E-state index contributed by atoms with van der Waals surface area (Å²) >= 11 is 5.69. The smallest absolute Gasteiger partial charge is 0.460 e. The number of benzene rings is 2. The summed E-state index contributed by atoms with van der Waals surface area (Å²) in [5.74, 6) is -55.8. The highest BCUT2D eigenvalue weighted by molar-refractivity contribution is 6.17. The molecule has 0 saturated carbocycles. The Balaban J connectivity index is 2.10. The van der Waals surface area contributed by atoms with Crippen molar-refractivity contribution in [2.24, 2.45) is 0 Å². The maximum Gasteiger partial charge on any atom is 0.460 e. The molecule has 2 aromatic rings. The van der Waals surface area contributed by atoms with Gasteiger partial charge in [0.05, 0.1) is 6.61 Å². The van der Waals surface area contributed by atoms with Crippen molar-refractivity contribution in [3.05, 3.63) is 54.1 Å². The van der Waals surface area contributed by atoms with Gasteiger partial charge < -0.3 is 4.74 Å². The second-order valence-electron chi connectivity index (χ2n) is 9.31. The molecule has 19 heteroatoms. The van der Waals surface area contributed by atoms with Crippen LogP contribution in [0.25, 0.3) is 11.1 Å². The van der Waals surface area contributed by atoms with E-state index in [9.17, 15) is 74.6 Å². The first-order valence-electron chi connectivity index (χ1n) is 11.8. The average Bonchev–Trinajstić information content (AvgIpc) is 2.92. The second-order valence-corrected chi connectivity index (χ2v) is 9.58. The summed E-state index contributed by atoms with van der Waals surface area (Å²) in [4.78, 5) is 0. The van der Waals surface area contributed by atoms with Gasteiger partial charge in [0.1, 0.15) is 5.75 Å². The van der Waals surface area contributed by atoms with Crippen LogP contribution in [0.2, 0.25) is 0 Å². The average molecular weight is 693 g/mol. The Hall–Kier alpha value is -2.66. The minimum Gasteiger partial charge on any atom is -0.494 e. The van der Waals surface area contributed by atoms with Crippen molar-refractivity contribution >= 4 is 11.6 Å². The molecule has 0 aliphatic rings. The lowest BCUT2D eigenvalue weighted by molar-refractivity contribution is -0.461. The summed E-state index contributed by atoms with van der Waals surface area (Å²) in [6, 6.07) is 12.8. The first-order chi connectivity index (χ1) is 19.7. The Morgan fingerprint density at radius 1 is 0.477 bits per heavy atom. The molecular weight excluding hydrogens is 675 g/mol. The van der Waals surface area contributed by atoms with Crippen LogP contribution in [-0.4, -0.2) is 54.2 Å². The van der Waals surface area contributed by atoms with Crippen LogP contribution in [0.1, 0.15) is 24.8 Å². The van der Waals surface area contributed by atoms with Crippen molar-refractivity contribution in [3.8, 4) is 16.9 Å². The highest BCUT2D eigenvalue weighted by Crippen LogP contribution is 2.64. The maximum atomic E-state index is 14.0. The standard InChI is InChI=1S/C25H18ClF17O/c26-13-14-3-5-15(6-4-14)16-7-9-17(10-8-16)44-12-2-1-11-18(27,28)19(29,30)20(31,32)21(33,34)22(35,36)23(37,38)24(39,40)25(41,42)43/h3-10H,1-2,11-13H2. The van der Waals surface area contributed by atoms with E-state index >= 15 is 0 Å². The monoisotopic (exact) mass is 692 g/mol. The van der Waals surface area contributed by atoms with Crippen molar-refractivity contribution in [1.82, 2.24) is 0 Å². The third kappa shape index (κ3) is 6.36. The van der Waals surface area contributed by atoms with E-state index in [-0.39, 0.29) is 11.6 Å². The van der Waals surface area contributed by atoms with Gasteiger partial charge in [0.2, 0.25) is 0 Å². The lowest BCUT2D eigenvalue weighted by atomic mass is 9.88. The van der Waals surface area contributed by atoms with Gasteiger partial charge in [-0.1, -0.05) is 36.4 Å². The van der Waals surface area contributed by atoms with Crippen LogP contribution in [-0.2, 0) is 5.88 Å². The molecule has 2 rings (SSSR count). The molecule has 0 aliphatic heterocycles. The Kier molecular flexibility index (Phi) is 10.5. The first kappa shape index (κ1) is 37.5. The molecule has 0 radical (unpaired) electrons. The van der Waals surface area contributed by atoms with Crippen LogP contribution in [0.4, 0.5) is 74.6 Å². The van der Waals surface area contributed by atoms with Gasteiger partial charge in [-0.15, -0.1) is 11.6 Å². The fraction of sp³-hybridized carbons (Fsp3) is 0.520. The molecule has 0 atom stereocenters. The minimum atomic E-state index is -8.63. The second kappa shape index (κ2) is 12.3. The molecular formula is C25H18ClF17O. The summed E-state index contributed by atoms with van der Waals surface area (Å²) in [5, 5.41) is 0. The van der Waals surface area contributed by atoms with E-state index < -0.39 is 73.5 Å². The van der Waals surface area contributed by atoms with Crippen LogP contribution in [0.15, 0.2) is 48.5 Å². The molecule has 44 heavy (non-hydrogen) atoms. The van der Waals surface area contributed by atoms with Crippen molar-refractivity contribution in [2.75, 3.05) is 6.61 Å².